The van der Waals surface area contributed by atoms with Gasteiger partial charge in [-0.05, 0) is 50.8 Å². The number of aromatic nitrogens is 1. The number of piperidine rings is 1. The maximum Gasteiger partial charge on any atom is 0.258 e. The summed E-state index contributed by atoms with van der Waals surface area (Å²) in [5.74, 6) is 1.76. The first-order valence-electron chi connectivity index (χ1n) is 11.3. The molecule has 1 aliphatic rings. The minimum atomic E-state index is -0.225. The quantitative estimate of drug-likeness (QED) is 0.487. The summed E-state index contributed by atoms with van der Waals surface area (Å²) in [5, 5.41) is 0. The van der Waals surface area contributed by atoms with Gasteiger partial charge in [0.15, 0.2) is 4.80 Å². The molecule has 0 aliphatic carbocycles. The molecule has 0 saturated carbocycles. The van der Waals surface area contributed by atoms with Crippen molar-refractivity contribution in [2.45, 2.75) is 40.2 Å². The number of benzene rings is 1. The van der Waals surface area contributed by atoms with Crippen molar-refractivity contribution in [3.8, 4) is 5.75 Å². The number of hydrogen-bond donors (Lipinski definition) is 0. The lowest BCUT2D eigenvalue weighted by atomic mass is 10.0. The Bertz CT molecular complexity index is 985. The van der Waals surface area contributed by atoms with E-state index in [9.17, 15) is 9.59 Å². The van der Waals surface area contributed by atoms with Gasteiger partial charge in [0.25, 0.3) is 5.91 Å². The summed E-state index contributed by atoms with van der Waals surface area (Å²) in [6, 6.07) is 5.92. The topological polar surface area (TPSA) is 73.1 Å². The number of likely N-dealkylation sites (tertiary alicyclic amines) is 1. The van der Waals surface area contributed by atoms with E-state index in [0.29, 0.717) is 42.8 Å². The Morgan fingerprint density at radius 2 is 2.09 bits per heavy atom. The molecular formula is C23H33N3O4S2. The first-order valence-corrected chi connectivity index (χ1v) is 13.3. The van der Waals surface area contributed by atoms with Gasteiger partial charge in [0.2, 0.25) is 5.91 Å². The predicted octanol–water partition coefficient (Wildman–Crippen LogP) is 3.56. The average molecular weight is 480 g/mol. The second kappa shape index (κ2) is 12.4. The van der Waals surface area contributed by atoms with E-state index in [1.807, 2.05) is 41.5 Å². The van der Waals surface area contributed by atoms with Crippen molar-refractivity contribution in [1.29, 1.82) is 0 Å². The van der Waals surface area contributed by atoms with Crippen LogP contribution in [0.3, 0.4) is 0 Å². The lowest BCUT2D eigenvalue weighted by Gasteiger charge is -2.30. The summed E-state index contributed by atoms with van der Waals surface area (Å²) in [4.78, 5) is 31.9. The molecule has 1 aromatic heterocycles. The number of carbonyl (C=O) groups excluding carboxylic acids is 2. The molecule has 7 nitrogen and oxygen atoms in total. The van der Waals surface area contributed by atoms with Gasteiger partial charge in [-0.2, -0.15) is 4.99 Å². The number of ether oxygens (including phenoxy) is 2. The minimum absolute atomic E-state index is 0.117. The lowest BCUT2D eigenvalue weighted by molar-refractivity contribution is -0.130. The van der Waals surface area contributed by atoms with Crippen molar-refractivity contribution in [3.63, 3.8) is 0 Å². The molecule has 1 saturated heterocycles. The molecule has 0 bridgehead atoms. The molecule has 1 atom stereocenters. The lowest BCUT2D eigenvalue weighted by Crippen LogP contribution is -2.40. The number of thiazole rings is 1. The van der Waals surface area contributed by atoms with E-state index in [1.165, 1.54) is 29.5 Å². The largest absolute Gasteiger partial charge is 0.494 e. The monoisotopic (exact) mass is 479 g/mol. The smallest absolute Gasteiger partial charge is 0.258 e. The fraction of sp³-hybridized carbons (Fsp3) is 0.609. The number of amides is 2. The summed E-state index contributed by atoms with van der Waals surface area (Å²) >= 11 is 2.81. The van der Waals surface area contributed by atoms with E-state index in [0.717, 1.165) is 35.5 Å². The summed E-state index contributed by atoms with van der Waals surface area (Å²) in [7, 11) is 0. The van der Waals surface area contributed by atoms with Crippen LogP contribution in [-0.4, -0.2) is 65.7 Å². The van der Waals surface area contributed by atoms with Crippen LogP contribution in [0.5, 0.6) is 5.75 Å². The molecule has 0 radical (unpaired) electrons. The Hall–Kier alpha value is -1.84. The highest BCUT2D eigenvalue weighted by molar-refractivity contribution is 8.00. The van der Waals surface area contributed by atoms with E-state index < -0.39 is 0 Å². The third-order valence-electron chi connectivity index (χ3n) is 5.31. The highest BCUT2D eigenvalue weighted by Crippen LogP contribution is 2.23. The summed E-state index contributed by atoms with van der Waals surface area (Å²) in [5.41, 5.74) is 1.01. The van der Waals surface area contributed by atoms with Crippen LogP contribution in [0.25, 0.3) is 10.2 Å². The van der Waals surface area contributed by atoms with Gasteiger partial charge in [0, 0.05) is 26.2 Å². The van der Waals surface area contributed by atoms with Gasteiger partial charge in [-0.3, -0.25) is 9.59 Å². The normalized spacial score (nSPS) is 17.2. The molecule has 1 fully saturated rings. The van der Waals surface area contributed by atoms with Crippen LogP contribution in [0.15, 0.2) is 23.2 Å². The van der Waals surface area contributed by atoms with Crippen molar-refractivity contribution in [2.24, 2.45) is 10.9 Å². The maximum atomic E-state index is 12.6. The number of thioether (sulfide) groups is 1. The van der Waals surface area contributed by atoms with Crippen LogP contribution in [0, 0.1) is 5.92 Å². The third kappa shape index (κ3) is 6.83. The molecular weight excluding hydrogens is 446 g/mol. The van der Waals surface area contributed by atoms with Crippen molar-refractivity contribution in [1.82, 2.24) is 9.47 Å². The zero-order valence-corrected chi connectivity index (χ0v) is 20.8. The Balaban J connectivity index is 1.68. The van der Waals surface area contributed by atoms with Crippen molar-refractivity contribution < 1.29 is 19.1 Å². The standard InChI is InChI=1S/C23H33N3O4S2/c1-4-29-12-11-26-19-9-8-18(30-5-2)13-20(19)32-23(26)24-21(27)15-31-16-22(28)25-10-6-7-17(3)14-25/h8-9,13,17H,4-7,10-12,14-16H2,1-3H3. The SMILES string of the molecule is CCOCCn1c(=NC(=O)CSCC(=O)N2CCCC(C)C2)sc2cc(OCC)ccc21. The fourth-order valence-corrected chi connectivity index (χ4v) is 5.58. The van der Waals surface area contributed by atoms with Gasteiger partial charge >= 0.3 is 0 Å². The van der Waals surface area contributed by atoms with Crippen LogP contribution >= 0.6 is 23.1 Å². The van der Waals surface area contributed by atoms with Crippen LogP contribution in [-0.2, 0) is 20.9 Å². The van der Waals surface area contributed by atoms with Gasteiger partial charge in [-0.1, -0.05) is 18.3 Å². The molecule has 176 valence electrons. The molecule has 2 heterocycles. The minimum Gasteiger partial charge on any atom is -0.494 e. The zero-order chi connectivity index (χ0) is 22.9. The predicted molar refractivity (Wildman–Crippen MR) is 130 cm³/mol. The Kier molecular flexibility index (Phi) is 9.62. The van der Waals surface area contributed by atoms with Gasteiger partial charge in [0.1, 0.15) is 5.75 Å². The summed E-state index contributed by atoms with van der Waals surface area (Å²) < 4.78 is 14.2. The number of nitrogens with zero attached hydrogens (tertiary/aromatic N) is 3. The first-order chi connectivity index (χ1) is 15.5. The molecule has 2 aromatic rings. The number of carbonyl (C=O) groups is 2. The summed E-state index contributed by atoms with van der Waals surface area (Å²) in [6.45, 7) is 10.2. The molecule has 9 heteroatoms. The number of hydrogen-bond acceptors (Lipinski definition) is 6. The van der Waals surface area contributed by atoms with Gasteiger partial charge in [-0.25, -0.2) is 0 Å². The van der Waals surface area contributed by atoms with Crippen molar-refractivity contribution >= 4 is 45.1 Å². The summed E-state index contributed by atoms with van der Waals surface area (Å²) in [6.07, 6.45) is 2.24. The van der Waals surface area contributed by atoms with Crippen molar-refractivity contribution in [2.75, 3.05) is 44.4 Å². The average Bonchev–Trinajstić information content (AvgIpc) is 3.10. The number of rotatable bonds is 10. The highest BCUT2D eigenvalue weighted by atomic mass is 32.2. The van der Waals surface area contributed by atoms with E-state index in [4.69, 9.17) is 9.47 Å². The molecule has 1 aliphatic heterocycles. The Labute approximate surface area is 197 Å². The Morgan fingerprint density at radius 3 is 2.84 bits per heavy atom. The van der Waals surface area contributed by atoms with E-state index in [1.54, 1.807) is 0 Å². The van der Waals surface area contributed by atoms with Crippen LogP contribution in [0.2, 0.25) is 0 Å². The van der Waals surface area contributed by atoms with E-state index >= 15 is 0 Å². The van der Waals surface area contributed by atoms with Crippen molar-refractivity contribution in [3.05, 3.63) is 23.0 Å². The molecule has 3 rings (SSSR count). The van der Waals surface area contributed by atoms with Gasteiger partial charge in [0.05, 0.1) is 34.9 Å². The van der Waals surface area contributed by atoms with Gasteiger partial charge in [-0.15, -0.1) is 11.8 Å². The maximum absolute atomic E-state index is 12.6. The first kappa shape index (κ1) is 24.8. The Morgan fingerprint density at radius 1 is 1.25 bits per heavy atom. The zero-order valence-electron chi connectivity index (χ0n) is 19.2. The molecule has 1 aromatic carbocycles. The molecule has 2 amide bonds. The van der Waals surface area contributed by atoms with E-state index in [-0.39, 0.29) is 17.6 Å². The molecule has 32 heavy (non-hydrogen) atoms. The number of fused-ring (bicyclic) bond motifs is 1. The van der Waals surface area contributed by atoms with Crippen LogP contribution in [0.4, 0.5) is 0 Å². The van der Waals surface area contributed by atoms with E-state index in [2.05, 4.69) is 11.9 Å². The third-order valence-corrected chi connectivity index (χ3v) is 7.25. The van der Waals surface area contributed by atoms with Gasteiger partial charge < -0.3 is 18.9 Å². The van der Waals surface area contributed by atoms with Crippen LogP contribution in [0.1, 0.15) is 33.6 Å². The second-order valence-electron chi connectivity index (χ2n) is 7.88. The highest BCUT2D eigenvalue weighted by Gasteiger charge is 2.20. The second-order valence-corrected chi connectivity index (χ2v) is 9.88. The molecule has 0 N–H and O–H groups in total. The fourth-order valence-electron chi connectivity index (χ4n) is 3.78. The van der Waals surface area contributed by atoms with Crippen LogP contribution < -0.4 is 9.54 Å². The molecule has 1 unspecified atom stereocenters. The molecule has 0 spiro atoms.